The lowest BCUT2D eigenvalue weighted by Gasteiger charge is -2.35. The first-order valence-electron chi connectivity index (χ1n) is 13.8. The lowest BCUT2D eigenvalue weighted by atomic mass is 9.85. The highest BCUT2D eigenvalue weighted by molar-refractivity contribution is 5.89. The number of pyridine rings is 1. The minimum atomic E-state index is -0.748. The molecule has 8 nitrogen and oxygen atoms in total. The monoisotopic (exact) mass is 547 g/mol. The smallest absolute Gasteiger partial charge is 0.408 e. The average molecular weight is 548 g/mol. The Morgan fingerprint density at radius 2 is 1.73 bits per heavy atom. The molecule has 214 valence electrons. The molecule has 1 aromatic heterocycles. The summed E-state index contributed by atoms with van der Waals surface area (Å²) < 4.78 is 17.5. The number of alkyl carbamates (subject to hydrolysis) is 1. The topological polar surface area (TPSA) is 90.0 Å². The van der Waals surface area contributed by atoms with E-state index in [1.54, 1.807) is 27.9 Å². The molecule has 2 amide bonds. The quantitative estimate of drug-likeness (QED) is 0.394. The van der Waals surface area contributed by atoms with Crippen LogP contribution in [0.15, 0.2) is 54.6 Å². The second-order valence-corrected chi connectivity index (χ2v) is 12.5. The van der Waals surface area contributed by atoms with Crippen molar-refractivity contribution in [3.8, 4) is 22.8 Å². The lowest BCUT2D eigenvalue weighted by Crippen LogP contribution is -2.56. The van der Waals surface area contributed by atoms with Crippen LogP contribution in [0.4, 0.5) is 4.79 Å². The number of amides is 2. The molecule has 3 atom stereocenters. The van der Waals surface area contributed by atoms with E-state index in [1.807, 2.05) is 87.2 Å². The normalized spacial score (nSPS) is 18.4. The summed E-state index contributed by atoms with van der Waals surface area (Å²) in [4.78, 5) is 33.1. The summed E-state index contributed by atoms with van der Waals surface area (Å²) in [5, 5.41) is 3.69. The molecule has 8 heteroatoms. The molecule has 2 heterocycles. The summed E-state index contributed by atoms with van der Waals surface area (Å²) in [6.45, 7) is 13.6. The van der Waals surface area contributed by atoms with E-state index in [0.717, 1.165) is 22.2 Å². The van der Waals surface area contributed by atoms with Crippen LogP contribution in [-0.2, 0) is 9.53 Å². The fraction of sp³-hybridized carbons (Fsp3) is 0.469. The molecule has 1 saturated heterocycles. The number of aromatic nitrogens is 1. The largest absolute Gasteiger partial charge is 0.497 e. The predicted octanol–water partition coefficient (Wildman–Crippen LogP) is 6.22. The SMILES string of the molecule is COc1ccc2c(OC3C[C@@H](C)N(C(=O)[C@@H](NC(=O)OC(C)(C)C)C(C)(C)C)C3)cc(-c3ccccc3)nc2c1. The van der Waals surface area contributed by atoms with Crippen LogP contribution >= 0.6 is 0 Å². The van der Waals surface area contributed by atoms with E-state index in [0.29, 0.717) is 24.5 Å². The molecule has 1 aliphatic heterocycles. The number of hydrogen-bond acceptors (Lipinski definition) is 6. The van der Waals surface area contributed by atoms with Gasteiger partial charge in [0.1, 0.15) is 29.2 Å². The summed E-state index contributed by atoms with van der Waals surface area (Å²) in [5.41, 5.74) is 1.37. The number of carbonyl (C=O) groups is 2. The first-order valence-corrected chi connectivity index (χ1v) is 13.8. The van der Waals surface area contributed by atoms with E-state index in [1.165, 1.54) is 0 Å². The Kier molecular flexibility index (Phi) is 8.28. The van der Waals surface area contributed by atoms with Crippen LogP contribution in [0, 0.1) is 5.41 Å². The Hall–Kier alpha value is -3.81. The fourth-order valence-electron chi connectivity index (χ4n) is 4.95. The van der Waals surface area contributed by atoms with Crippen LogP contribution in [0.25, 0.3) is 22.2 Å². The van der Waals surface area contributed by atoms with Gasteiger partial charge in [-0.1, -0.05) is 51.1 Å². The van der Waals surface area contributed by atoms with Crippen molar-refractivity contribution >= 4 is 22.9 Å². The van der Waals surface area contributed by atoms with Gasteiger partial charge in [-0.3, -0.25) is 4.79 Å². The number of carbonyl (C=O) groups excluding carboxylic acids is 2. The molecular weight excluding hydrogens is 506 g/mol. The van der Waals surface area contributed by atoms with E-state index >= 15 is 0 Å². The van der Waals surface area contributed by atoms with Crippen LogP contribution in [0.3, 0.4) is 0 Å². The van der Waals surface area contributed by atoms with Gasteiger partial charge in [-0.25, -0.2) is 9.78 Å². The molecule has 1 aliphatic rings. The molecule has 40 heavy (non-hydrogen) atoms. The summed E-state index contributed by atoms with van der Waals surface area (Å²) in [6.07, 6.45) is -0.166. The van der Waals surface area contributed by atoms with Crippen LogP contribution < -0.4 is 14.8 Å². The van der Waals surface area contributed by atoms with Gasteiger partial charge in [-0.05, 0) is 45.2 Å². The highest BCUT2D eigenvalue weighted by Gasteiger charge is 2.42. The summed E-state index contributed by atoms with van der Waals surface area (Å²) >= 11 is 0. The van der Waals surface area contributed by atoms with Crippen molar-refractivity contribution < 1.29 is 23.8 Å². The molecule has 0 bridgehead atoms. The van der Waals surface area contributed by atoms with Crippen molar-refractivity contribution in [3.63, 3.8) is 0 Å². The first-order chi connectivity index (χ1) is 18.7. The molecule has 0 radical (unpaired) electrons. The number of rotatable bonds is 6. The Labute approximate surface area is 237 Å². The third-order valence-corrected chi connectivity index (χ3v) is 6.94. The zero-order valence-corrected chi connectivity index (χ0v) is 24.8. The second-order valence-electron chi connectivity index (χ2n) is 12.5. The molecule has 1 N–H and O–H groups in total. The number of fused-ring (bicyclic) bond motifs is 1. The van der Waals surface area contributed by atoms with Crippen molar-refractivity contribution in [1.29, 1.82) is 0 Å². The Balaban J connectivity index is 1.59. The first kappa shape index (κ1) is 29.2. The maximum absolute atomic E-state index is 13.8. The molecule has 1 fully saturated rings. The standard InChI is InChI=1S/C32H41N3O5/c1-20-16-23(19-35(20)29(36)28(31(2,3)4)34-30(37)40-32(5,6)7)39-27-18-25(21-12-10-9-11-13-21)33-26-17-22(38-8)14-15-24(26)27/h9-15,17-18,20,23,28H,16,19H2,1-8H3,(H,34,37)/t20-,23?,28-/m1/s1. The summed E-state index contributed by atoms with van der Waals surface area (Å²) in [7, 11) is 1.63. The lowest BCUT2D eigenvalue weighted by molar-refractivity contribution is -0.137. The highest BCUT2D eigenvalue weighted by Crippen LogP contribution is 2.35. The Morgan fingerprint density at radius 3 is 2.35 bits per heavy atom. The molecule has 1 unspecified atom stereocenters. The van der Waals surface area contributed by atoms with E-state index in [2.05, 4.69) is 5.32 Å². The van der Waals surface area contributed by atoms with E-state index in [-0.39, 0.29) is 18.1 Å². The zero-order valence-electron chi connectivity index (χ0n) is 24.8. The van der Waals surface area contributed by atoms with Gasteiger partial charge in [0.25, 0.3) is 0 Å². The number of methoxy groups -OCH3 is 1. The summed E-state index contributed by atoms with van der Waals surface area (Å²) in [6, 6.07) is 16.8. The second kappa shape index (κ2) is 11.4. The van der Waals surface area contributed by atoms with Gasteiger partial charge in [0.2, 0.25) is 5.91 Å². The maximum Gasteiger partial charge on any atom is 0.408 e. The molecule has 0 spiro atoms. The molecule has 3 aromatic rings. The number of nitrogens with zero attached hydrogens (tertiary/aromatic N) is 2. The van der Waals surface area contributed by atoms with E-state index in [9.17, 15) is 9.59 Å². The van der Waals surface area contributed by atoms with Gasteiger partial charge < -0.3 is 24.4 Å². The van der Waals surface area contributed by atoms with Gasteiger partial charge in [0, 0.05) is 35.5 Å². The Morgan fingerprint density at radius 1 is 1.02 bits per heavy atom. The zero-order chi connectivity index (χ0) is 29.2. The minimum Gasteiger partial charge on any atom is -0.497 e. The molecule has 2 aromatic carbocycles. The molecule has 0 saturated carbocycles. The van der Waals surface area contributed by atoms with E-state index < -0.39 is 23.2 Å². The van der Waals surface area contributed by atoms with Crippen LogP contribution in [0.5, 0.6) is 11.5 Å². The molecule has 4 rings (SSSR count). The van der Waals surface area contributed by atoms with Crippen molar-refractivity contribution in [2.75, 3.05) is 13.7 Å². The fourth-order valence-corrected chi connectivity index (χ4v) is 4.95. The van der Waals surface area contributed by atoms with Gasteiger partial charge >= 0.3 is 6.09 Å². The molecule has 0 aliphatic carbocycles. The minimum absolute atomic E-state index is 0.0652. The number of nitrogens with one attached hydrogen (secondary N) is 1. The van der Waals surface area contributed by atoms with Gasteiger partial charge in [-0.15, -0.1) is 0 Å². The van der Waals surface area contributed by atoms with Gasteiger partial charge in [-0.2, -0.15) is 0 Å². The van der Waals surface area contributed by atoms with Gasteiger partial charge in [0.15, 0.2) is 0 Å². The Bertz CT molecular complexity index is 1360. The highest BCUT2D eigenvalue weighted by atomic mass is 16.6. The average Bonchev–Trinajstić information content (AvgIpc) is 3.25. The number of hydrogen-bond donors (Lipinski definition) is 1. The predicted molar refractivity (Wildman–Crippen MR) is 157 cm³/mol. The van der Waals surface area contributed by atoms with Crippen molar-refractivity contribution in [2.45, 2.75) is 78.7 Å². The van der Waals surface area contributed by atoms with Crippen LogP contribution in [0.2, 0.25) is 0 Å². The maximum atomic E-state index is 13.8. The van der Waals surface area contributed by atoms with Crippen molar-refractivity contribution in [3.05, 3.63) is 54.6 Å². The van der Waals surface area contributed by atoms with Crippen molar-refractivity contribution in [1.82, 2.24) is 15.2 Å². The third-order valence-electron chi connectivity index (χ3n) is 6.94. The number of ether oxygens (including phenoxy) is 3. The van der Waals surface area contributed by atoms with Crippen LogP contribution in [-0.4, -0.2) is 59.3 Å². The number of benzene rings is 2. The van der Waals surface area contributed by atoms with Gasteiger partial charge in [0.05, 0.1) is 24.9 Å². The third kappa shape index (κ3) is 6.84. The van der Waals surface area contributed by atoms with Crippen LogP contribution in [0.1, 0.15) is 54.9 Å². The van der Waals surface area contributed by atoms with E-state index in [4.69, 9.17) is 19.2 Å². The summed E-state index contributed by atoms with van der Waals surface area (Å²) in [5.74, 6) is 1.27. The molecular formula is C32H41N3O5. The number of likely N-dealkylation sites (tertiary alicyclic amines) is 1. The van der Waals surface area contributed by atoms with Crippen molar-refractivity contribution in [2.24, 2.45) is 5.41 Å².